The fourth-order valence-electron chi connectivity index (χ4n) is 3.66. The summed E-state index contributed by atoms with van der Waals surface area (Å²) in [5.41, 5.74) is 2.41. The van der Waals surface area contributed by atoms with Crippen LogP contribution in [0.5, 0.6) is 0 Å². The number of likely N-dealkylation sites (N-methyl/N-ethyl adjacent to an activating group) is 1. The summed E-state index contributed by atoms with van der Waals surface area (Å²) in [5, 5.41) is 2.77. The minimum atomic E-state index is -3.75. The lowest BCUT2D eigenvalue weighted by molar-refractivity contribution is -0.122. The molecule has 1 heterocycles. The summed E-state index contributed by atoms with van der Waals surface area (Å²) in [6, 6.07) is 13.9. The van der Waals surface area contributed by atoms with Crippen LogP contribution in [-0.4, -0.2) is 55.1 Å². The van der Waals surface area contributed by atoms with Crippen molar-refractivity contribution in [3.8, 4) is 0 Å². The molecule has 0 aliphatic carbocycles. The van der Waals surface area contributed by atoms with E-state index in [0.29, 0.717) is 26.1 Å². The van der Waals surface area contributed by atoms with Crippen LogP contribution >= 0.6 is 0 Å². The third-order valence-corrected chi connectivity index (χ3v) is 7.11. The first kappa shape index (κ1) is 23.0. The summed E-state index contributed by atoms with van der Waals surface area (Å²) in [5.74, 6) is -0.622. The zero-order valence-electron chi connectivity index (χ0n) is 18.2. The lowest BCUT2D eigenvalue weighted by Crippen LogP contribution is -2.42. The fourth-order valence-corrected chi connectivity index (χ4v) is 5.13. The molecule has 0 saturated heterocycles. The number of nitrogens with zero attached hydrogens (tertiary/aromatic N) is 2. The van der Waals surface area contributed by atoms with Crippen molar-refractivity contribution in [2.24, 2.45) is 0 Å². The molecule has 1 aliphatic heterocycles. The van der Waals surface area contributed by atoms with E-state index in [2.05, 4.69) is 5.32 Å². The molecule has 0 spiro atoms. The van der Waals surface area contributed by atoms with Gasteiger partial charge in [0.05, 0.1) is 11.4 Å². The molecule has 0 saturated carbocycles. The van der Waals surface area contributed by atoms with E-state index in [-0.39, 0.29) is 34.9 Å². The number of carbonyl (C=O) groups excluding carboxylic acids is 2. The third-order valence-electron chi connectivity index (χ3n) is 5.27. The van der Waals surface area contributed by atoms with Gasteiger partial charge in [0, 0.05) is 31.2 Å². The van der Waals surface area contributed by atoms with Crippen molar-refractivity contribution < 1.29 is 18.0 Å². The van der Waals surface area contributed by atoms with Gasteiger partial charge in [0.2, 0.25) is 15.9 Å². The highest BCUT2D eigenvalue weighted by Gasteiger charge is 2.29. The number of fused-ring (bicyclic) bond motifs is 1. The SMILES string of the molecule is CCN(CC(=O)NC(C)C)C(=O)c1cccc(S(=O)(=O)N2CCc3ccccc3C2)c1. The van der Waals surface area contributed by atoms with Crippen LogP contribution < -0.4 is 5.32 Å². The second-order valence-electron chi connectivity index (χ2n) is 7.93. The Morgan fingerprint density at radius 3 is 2.48 bits per heavy atom. The topological polar surface area (TPSA) is 86.8 Å². The minimum Gasteiger partial charge on any atom is -0.352 e. The summed E-state index contributed by atoms with van der Waals surface area (Å²) in [4.78, 5) is 26.5. The monoisotopic (exact) mass is 443 g/mol. The van der Waals surface area contributed by atoms with Crippen LogP contribution in [0.15, 0.2) is 53.4 Å². The molecule has 0 bridgehead atoms. The molecule has 0 fully saturated rings. The Balaban J connectivity index is 1.80. The number of benzene rings is 2. The number of hydrogen-bond acceptors (Lipinski definition) is 4. The standard InChI is InChI=1S/C23H29N3O4S/c1-4-25(16-22(27)24-17(2)3)23(28)19-10-7-11-21(14-19)31(29,30)26-13-12-18-8-5-6-9-20(18)15-26/h5-11,14,17H,4,12-13,15-16H2,1-3H3,(H,24,27). The quantitative estimate of drug-likeness (QED) is 0.712. The van der Waals surface area contributed by atoms with Gasteiger partial charge in [-0.05, 0) is 56.5 Å². The number of hydrogen-bond donors (Lipinski definition) is 1. The van der Waals surface area contributed by atoms with Crippen molar-refractivity contribution in [2.75, 3.05) is 19.6 Å². The Bertz CT molecular complexity index is 1070. The van der Waals surface area contributed by atoms with E-state index in [1.165, 1.54) is 21.3 Å². The number of amides is 2. The van der Waals surface area contributed by atoms with Crippen molar-refractivity contribution in [1.82, 2.24) is 14.5 Å². The normalized spacial score (nSPS) is 14.2. The zero-order valence-corrected chi connectivity index (χ0v) is 19.0. The van der Waals surface area contributed by atoms with Gasteiger partial charge in [0.15, 0.2) is 0 Å². The molecular formula is C23H29N3O4S. The molecule has 0 aromatic heterocycles. The van der Waals surface area contributed by atoms with E-state index < -0.39 is 10.0 Å². The van der Waals surface area contributed by atoms with Crippen LogP contribution in [0, 0.1) is 0 Å². The van der Waals surface area contributed by atoms with Crippen molar-refractivity contribution in [3.05, 3.63) is 65.2 Å². The zero-order chi connectivity index (χ0) is 22.6. The first-order valence-electron chi connectivity index (χ1n) is 10.5. The largest absolute Gasteiger partial charge is 0.352 e. The van der Waals surface area contributed by atoms with Crippen LogP contribution in [0.2, 0.25) is 0 Å². The van der Waals surface area contributed by atoms with Crippen LogP contribution in [0.1, 0.15) is 42.3 Å². The first-order chi connectivity index (χ1) is 14.7. The molecule has 8 heteroatoms. The fraction of sp³-hybridized carbons (Fsp3) is 0.391. The first-order valence-corrected chi connectivity index (χ1v) is 11.9. The predicted molar refractivity (Wildman–Crippen MR) is 119 cm³/mol. The molecule has 1 N–H and O–H groups in total. The average Bonchev–Trinajstić information content (AvgIpc) is 2.76. The van der Waals surface area contributed by atoms with Gasteiger partial charge in [0.1, 0.15) is 0 Å². The second kappa shape index (κ2) is 9.62. The van der Waals surface area contributed by atoms with Gasteiger partial charge in [-0.25, -0.2) is 8.42 Å². The summed E-state index contributed by atoms with van der Waals surface area (Å²) in [6.45, 7) is 6.46. The van der Waals surface area contributed by atoms with Crippen LogP contribution in [0.3, 0.4) is 0 Å². The van der Waals surface area contributed by atoms with Crippen molar-refractivity contribution in [3.63, 3.8) is 0 Å². The summed E-state index contributed by atoms with van der Waals surface area (Å²) < 4.78 is 27.9. The molecular weight excluding hydrogens is 414 g/mol. The van der Waals surface area contributed by atoms with Gasteiger partial charge >= 0.3 is 0 Å². The van der Waals surface area contributed by atoms with Crippen molar-refractivity contribution in [1.29, 1.82) is 0 Å². The number of nitrogens with one attached hydrogen (secondary N) is 1. The van der Waals surface area contributed by atoms with Gasteiger partial charge in [0.25, 0.3) is 5.91 Å². The van der Waals surface area contributed by atoms with Crippen LogP contribution in [0.25, 0.3) is 0 Å². The molecule has 7 nitrogen and oxygen atoms in total. The van der Waals surface area contributed by atoms with E-state index in [4.69, 9.17) is 0 Å². The average molecular weight is 444 g/mol. The van der Waals surface area contributed by atoms with E-state index in [0.717, 1.165) is 11.1 Å². The lowest BCUT2D eigenvalue weighted by Gasteiger charge is -2.28. The number of sulfonamides is 1. The minimum absolute atomic E-state index is 0.0237. The Kier molecular flexibility index (Phi) is 7.12. The summed E-state index contributed by atoms with van der Waals surface area (Å²) in [6.07, 6.45) is 0.655. The molecule has 0 atom stereocenters. The third kappa shape index (κ3) is 5.32. The highest BCUT2D eigenvalue weighted by molar-refractivity contribution is 7.89. The Hall–Kier alpha value is -2.71. The molecule has 2 amide bonds. The van der Waals surface area contributed by atoms with Crippen LogP contribution in [-0.2, 0) is 27.8 Å². The summed E-state index contributed by atoms with van der Waals surface area (Å²) >= 11 is 0. The van der Waals surface area contributed by atoms with Crippen LogP contribution in [0.4, 0.5) is 0 Å². The maximum absolute atomic E-state index is 13.2. The maximum atomic E-state index is 13.2. The highest BCUT2D eigenvalue weighted by Crippen LogP contribution is 2.25. The van der Waals surface area contributed by atoms with Gasteiger partial charge in [-0.3, -0.25) is 9.59 Å². The van der Waals surface area contributed by atoms with Gasteiger partial charge in [-0.15, -0.1) is 0 Å². The predicted octanol–water partition coefficient (Wildman–Crippen LogP) is 2.42. The van der Waals surface area contributed by atoms with E-state index >= 15 is 0 Å². The number of rotatable bonds is 7. The lowest BCUT2D eigenvalue weighted by atomic mass is 10.0. The molecule has 0 radical (unpaired) electrons. The Labute approximate surface area is 184 Å². The molecule has 3 rings (SSSR count). The van der Waals surface area contributed by atoms with E-state index in [9.17, 15) is 18.0 Å². The number of carbonyl (C=O) groups is 2. The molecule has 2 aromatic carbocycles. The van der Waals surface area contributed by atoms with Crippen molar-refractivity contribution >= 4 is 21.8 Å². The summed E-state index contributed by atoms with van der Waals surface area (Å²) in [7, 11) is -3.75. The van der Waals surface area contributed by atoms with Gasteiger partial charge in [-0.1, -0.05) is 30.3 Å². The highest BCUT2D eigenvalue weighted by atomic mass is 32.2. The van der Waals surface area contributed by atoms with Gasteiger partial charge < -0.3 is 10.2 Å². The molecule has 31 heavy (non-hydrogen) atoms. The smallest absolute Gasteiger partial charge is 0.254 e. The second-order valence-corrected chi connectivity index (χ2v) is 9.86. The Morgan fingerprint density at radius 2 is 1.81 bits per heavy atom. The molecule has 1 aliphatic rings. The van der Waals surface area contributed by atoms with E-state index in [1.807, 2.05) is 38.1 Å². The molecule has 166 valence electrons. The molecule has 2 aromatic rings. The van der Waals surface area contributed by atoms with Gasteiger partial charge in [-0.2, -0.15) is 4.31 Å². The molecule has 0 unspecified atom stereocenters. The Morgan fingerprint density at radius 1 is 1.10 bits per heavy atom. The van der Waals surface area contributed by atoms with E-state index in [1.54, 1.807) is 19.1 Å². The van der Waals surface area contributed by atoms with Crippen molar-refractivity contribution in [2.45, 2.75) is 44.7 Å². The maximum Gasteiger partial charge on any atom is 0.254 e.